The van der Waals surface area contributed by atoms with Crippen molar-refractivity contribution in [2.75, 3.05) is 26.8 Å². The van der Waals surface area contributed by atoms with Gasteiger partial charge in [-0.3, -0.25) is 9.88 Å². The molecule has 1 atom stereocenters. The summed E-state index contributed by atoms with van der Waals surface area (Å²) in [5.41, 5.74) is 2.77. The van der Waals surface area contributed by atoms with Crippen LogP contribution in [0.1, 0.15) is 17.7 Å². The third-order valence-electron chi connectivity index (χ3n) is 5.09. The van der Waals surface area contributed by atoms with Gasteiger partial charge in [-0.05, 0) is 43.3 Å². The summed E-state index contributed by atoms with van der Waals surface area (Å²) >= 11 is 0. The highest BCUT2D eigenvalue weighted by Crippen LogP contribution is 2.34. The number of benzene rings is 1. The molecule has 0 unspecified atom stereocenters. The molecule has 4 rings (SSSR count). The van der Waals surface area contributed by atoms with Crippen molar-refractivity contribution >= 4 is 0 Å². The van der Waals surface area contributed by atoms with E-state index in [2.05, 4.69) is 22.1 Å². The van der Waals surface area contributed by atoms with Crippen molar-refractivity contribution in [3.63, 3.8) is 0 Å². The zero-order chi connectivity index (χ0) is 18.7. The Hall–Kier alpha value is -2.57. The number of rotatable bonds is 6. The predicted molar refractivity (Wildman–Crippen MR) is 99.6 cm³/mol. The monoisotopic (exact) mass is 367 g/mol. The van der Waals surface area contributed by atoms with Gasteiger partial charge in [-0.1, -0.05) is 17.3 Å². The molecule has 1 aliphatic rings. The second kappa shape index (κ2) is 7.58. The van der Waals surface area contributed by atoms with Crippen molar-refractivity contribution in [3.8, 4) is 11.3 Å². The van der Waals surface area contributed by atoms with Crippen molar-refractivity contribution in [2.45, 2.75) is 18.4 Å². The van der Waals surface area contributed by atoms with E-state index in [0.29, 0.717) is 13.2 Å². The first kappa shape index (κ1) is 17.8. The number of likely N-dealkylation sites (N-methyl/N-ethyl adjacent to an activating group) is 1. The molecule has 1 saturated heterocycles. The molecule has 1 aromatic carbocycles. The van der Waals surface area contributed by atoms with Gasteiger partial charge in [0.25, 0.3) is 0 Å². The van der Waals surface area contributed by atoms with Crippen LogP contribution in [0.4, 0.5) is 4.39 Å². The molecule has 0 radical (unpaired) electrons. The Kier molecular flexibility index (Phi) is 5.01. The summed E-state index contributed by atoms with van der Waals surface area (Å²) in [4.78, 5) is 6.23. The highest BCUT2D eigenvalue weighted by atomic mass is 19.1. The quantitative estimate of drug-likeness (QED) is 0.665. The minimum atomic E-state index is -0.216. The van der Waals surface area contributed by atoms with Crippen LogP contribution < -0.4 is 0 Å². The number of hydrogen-bond acceptors (Lipinski definition) is 5. The lowest BCUT2D eigenvalue weighted by molar-refractivity contribution is 0.153. The van der Waals surface area contributed by atoms with Gasteiger partial charge in [0, 0.05) is 42.6 Å². The van der Waals surface area contributed by atoms with Crippen molar-refractivity contribution in [3.05, 3.63) is 72.0 Å². The highest BCUT2D eigenvalue weighted by Gasteiger charge is 2.37. The van der Waals surface area contributed by atoms with E-state index in [1.165, 1.54) is 12.1 Å². The molecular weight excluding hydrogens is 345 g/mol. The number of halogens is 1. The summed E-state index contributed by atoms with van der Waals surface area (Å²) in [7, 11) is 2.05. The Bertz CT molecular complexity index is 874. The molecule has 0 saturated carbocycles. The fourth-order valence-electron chi connectivity index (χ4n) is 3.74. The summed E-state index contributed by atoms with van der Waals surface area (Å²) in [6.45, 7) is 2.80. The topological polar surface area (TPSA) is 51.4 Å². The standard InChI is InChI=1S/C21H22FN3O2/c1-25(13-19-12-20(24-27-19)16-6-9-23-10-7-16)14-21(8-11-26-15-21)17-2-4-18(22)5-3-17/h2-7,9-10,12H,8,11,13-15H2,1H3/t21-/m1/s1. The first-order chi connectivity index (χ1) is 13.1. The third-order valence-corrected chi connectivity index (χ3v) is 5.09. The molecule has 140 valence electrons. The van der Waals surface area contributed by atoms with Crippen LogP contribution in [0.15, 0.2) is 59.4 Å². The summed E-state index contributed by atoms with van der Waals surface area (Å²) in [5, 5.41) is 4.16. The predicted octanol–water partition coefficient (Wildman–Crippen LogP) is 3.67. The Labute approximate surface area is 157 Å². The van der Waals surface area contributed by atoms with Crippen LogP contribution in [0.3, 0.4) is 0 Å². The van der Waals surface area contributed by atoms with E-state index in [1.54, 1.807) is 12.4 Å². The molecule has 0 amide bonds. The highest BCUT2D eigenvalue weighted by molar-refractivity contribution is 5.57. The second-order valence-corrected chi connectivity index (χ2v) is 7.18. The van der Waals surface area contributed by atoms with Crippen LogP contribution in [0.2, 0.25) is 0 Å². The molecule has 0 spiro atoms. The van der Waals surface area contributed by atoms with Gasteiger partial charge in [0.2, 0.25) is 0 Å². The average molecular weight is 367 g/mol. The Morgan fingerprint density at radius 3 is 2.63 bits per heavy atom. The van der Waals surface area contributed by atoms with Gasteiger partial charge in [-0.2, -0.15) is 0 Å². The van der Waals surface area contributed by atoms with Gasteiger partial charge < -0.3 is 9.26 Å². The molecule has 3 heterocycles. The third kappa shape index (κ3) is 3.91. The zero-order valence-electron chi connectivity index (χ0n) is 15.3. The maximum absolute atomic E-state index is 13.3. The molecular formula is C21H22FN3O2. The first-order valence-corrected chi connectivity index (χ1v) is 9.03. The number of ether oxygens (including phenoxy) is 1. The summed E-state index contributed by atoms with van der Waals surface area (Å²) in [5.74, 6) is 0.587. The van der Waals surface area contributed by atoms with E-state index < -0.39 is 0 Å². The van der Waals surface area contributed by atoms with E-state index in [1.807, 2.05) is 30.3 Å². The minimum Gasteiger partial charge on any atom is -0.380 e. The SMILES string of the molecule is CN(Cc1cc(-c2ccncc2)no1)C[C@]1(c2ccc(F)cc2)CCOC1. The average Bonchev–Trinajstić information content (AvgIpc) is 3.33. The molecule has 0 N–H and O–H groups in total. The lowest BCUT2D eigenvalue weighted by Gasteiger charge is -2.32. The molecule has 1 fully saturated rings. The van der Waals surface area contributed by atoms with Crippen molar-refractivity contribution < 1.29 is 13.7 Å². The van der Waals surface area contributed by atoms with E-state index >= 15 is 0 Å². The van der Waals surface area contributed by atoms with Gasteiger partial charge in [0.15, 0.2) is 5.76 Å². The second-order valence-electron chi connectivity index (χ2n) is 7.18. The van der Waals surface area contributed by atoms with Crippen LogP contribution in [-0.2, 0) is 16.7 Å². The van der Waals surface area contributed by atoms with Gasteiger partial charge in [0.05, 0.1) is 13.2 Å². The molecule has 1 aliphatic heterocycles. The number of hydrogen-bond donors (Lipinski definition) is 0. The smallest absolute Gasteiger partial charge is 0.151 e. The van der Waals surface area contributed by atoms with Crippen LogP contribution in [0, 0.1) is 5.82 Å². The van der Waals surface area contributed by atoms with E-state index in [-0.39, 0.29) is 11.2 Å². The molecule has 6 heteroatoms. The van der Waals surface area contributed by atoms with Gasteiger partial charge in [0.1, 0.15) is 11.5 Å². The maximum Gasteiger partial charge on any atom is 0.151 e. The van der Waals surface area contributed by atoms with Gasteiger partial charge in [-0.15, -0.1) is 0 Å². The normalized spacial score (nSPS) is 19.7. The Morgan fingerprint density at radius 2 is 1.93 bits per heavy atom. The minimum absolute atomic E-state index is 0.129. The van der Waals surface area contributed by atoms with E-state index in [9.17, 15) is 4.39 Å². The summed E-state index contributed by atoms with van der Waals surface area (Å²) in [6.07, 6.45) is 4.40. The van der Waals surface area contributed by atoms with E-state index in [0.717, 1.165) is 42.2 Å². The largest absolute Gasteiger partial charge is 0.380 e. The lowest BCUT2D eigenvalue weighted by Crippen LogP contribution is -2.39. The van der Waals surface area contributed by atoms with Crippen LogP contribution >= 0.6 is 0 Å². The number of nitrogens with zero attached hydrogens (tertiary/aromatic N) is 3. The molecule has 0 aliphatic carbocycles. The lowest BCUT2D eigenvalue weighted by atomic mass is 9.79. The van der Waals surface area contributed by atoms with Crippen molar-refractivity contribution in [1.29, 1.82) is 0 Å². The Balaban J connectivity index is 1.47. The van der Waals surface area contributed by atoms with Crippen LogP contribution in [0.5, 0.6) is 0 Å². The zero-order valence-corrected chi connectivity index (χ0v) is 15.3. The van der Waals surface area contributed by atoms with Gasteiger partial charge in [-0.25, -0.2) is 4.39 Å². The summed E-state index contributed by atoms with van der Waals surface area (Å²) < 4.78 is 24.5. The fourth-order valence-corrected chi connectivity index (χ4v) is 3.74. The van der Waals surface area contributed by atoms with Gasteiger partial charge >= 0.3 is 0 Å². The fraction of sp³-hybridized carbons (Fsp3) is 0.333. The molecule has 3 aromatic rings. The maximum atomic E-state index is 13.3. The molecule has 2 aromatic heterocycles. The van der Waals surface area contributed by atoms with Crippen LogP contribution in [-0.4, -0.2) is 41.8 Å². The van der Waals surface area contributed by atoms with Crippen molar-refractivity contribution in [1.82, 2.24) is 15.0 Å². The molecule has 0 bridgehead atoms. The molecule has 27 heavy (non-hydrogen) atoms. The summed E-state index contributed by atoms with van der Waals surface area (Å²) in [6, 6.07) is 12.6. The Morgan fingerprint density at radius 1 is 1.15 bits per heavy atom. The number of aromatic nitrogens is 2. The molecule has 5 nitrogen and oxygen atoms in total. The van der Waals surface area contributed by atoms with Crippen molar-refractivity contribution in [2.24, 2.45) is 0 Å². The number of pyridine rings is 1. The first-order valence-electron chi connectivity index (χ1n) is 9.03. The van der Waals surface area contributed by atoms with Crippen LogP contribution in [0.25, 0.3) is 11.3 Å². The van der Waals surface area contributed by atoms with E-state index in [4.69, 9.17) is 9.26 Å².